The van der Waals surface area contributed by atoms with Crippen molar-refractivity contribution in [3.05, 3.63) is 54.1 Å². The molecule has 2 aromatic carbocycles. The number of benzene rings is 2. The number of aliphatic hydroxyl groups is 2. The van der Waals surface area contributed by atoms with Gasteiger partial charge in [-0.05, 0) is 29.5 Å². The highest BCUT2D eigenvalue weighted by Gasteiger charge is 2.46. The lowest BCUT2D eigenvalue weighted by Gasteiger charge is -2.23. The molecule has 5 N–H and O–H groups in total. The van der Waals surface area contributed by atoms with E-state index in [4.69, 9.17) is 35.9 Å². The second-order valence-corrected chi connectivity index (χ2v) is 11.9. The van der Waals surface area contributed by atoms with Crippen molar-refractivity contribution in [2.75, 3.05) is 25.5 Å². The minimum absolute atomic E-state index is 0.0695. The fourth-order valence-corrected chi connectivity index (χ4v) is 6.19. The van der Waals surface area contributed by atoms with E-state index in [1.165, 1.54) is 10.9 Å². The summed E-state index contributed by atoms with van der Waals surface area (Å²) in [6.07, 6.45) is -1.64. The number of nitrogens with one attached hydrogen (secondary N) is 1. The number of hydrogen-bond donors (Lipinski definition) is 4. The minimum atomic E-state index is -4.28. The molecule has 5 rings (SSSR count). The van der Waals surface area contributed by atoms with Crippen molar-refractivity contribution < 1.29 is 38.1 Å². The van der Waals surface area contributed by atoms with Crippen molar-refractivity contribution in [3.63, 3.8) is 0 Å². The first-order chi connectivity index (χ1) is 20.7. The van der Waals surface area contributed by atoms with E-state index in [2.05, 4.69) is 20.0 Å². The van der Waals surface area contributed by atoms with Crippen LogP contribution in [0.25, 0.3) is 21.9 Å². The molecule has 4 aromatic rings. The molecule has 1 fully saturated rings. The standard InChI is InChI=1S/C27H32ClN6O8P/c1-2-3-6-12-39-20(35)13-32-43(38,42-18-11-7-9-16-8-4-5-10-17(16)18)40-14-19-22(36)23(37)26(41-19)34-25-21(33-27(34)28)24(29)30-15-31-25/h4-5,7-11,15,19,22-23,26,36-37H,2-3,6,12-14H2,1H3,(H,32,38)(H2,29,30,31)/t19-,22+,23?,26-,43?/m1/s1. The number of carbonyl (C=O) groups excluding carboxylic acids is 1. The summed E-state index contributed by atoms with van der Waals surface area (Å²) in [5.74, 6) is -0.331. The summed E-state index contributed by atoms with van der Waals surface area (Å²) in [6, 6.07) is 12.5. The molecule has 230 valence electrons. The molecule has 14 nitrogen and oxygen atoms in total. The Kier molecular flexibility index (Phi) is 9.77. The number of nitrogen functional groups attached to an aromatic ring is 1. The number of fused-ring (bicyclic) bond motifs is 2. The van der Waals surface area contributed by atoms with E-state index in [9.17, 15) is 19.6 Å². The lowest BCUT2D eigenvalue weighted by molar-refractivity contribution is -0.142. The predicted octanol–water partition coefficient (Wildman–Crippen LogP) is 3.36. The molecule has 1 aliphatic heterocycles. The predicted molar refractivity (Wildman–Crippen MR) is 157 cm³/mol. The van der Waals surface area contributed by atoms with E-state index in [1.54, 1.807) is 24.3 Å². The molecule has 2 aromatic heterocycles. The number of anilines is 1. The Balaban J connectivity index is 1.33. The SMILES string of the molecule is CCCCCOC(=O)CNP(=O)(OC[C@H]1O[C@@H](n2c(Cl)nc3c(N)ncnc32)C(O)[C@H]1O)Oc1cccc2ccccc12. The molecule has 0 spiro atoms. The van der Waals surface area contributed by atoms with Gasteiger partial charge in [0.2, 0.25) is 5.28 Å². The number of aliphatic hydroxyl groups excluding tert-OH is 2. The maximum absolute atomic E-state index is 14.0. The molecule has 1 saturated heterocycles. The van der Waals surface area contributed by atoms with Crippen LogP contribution in [0, 0.1) is 0 Å². The average molecular weight is 635 g/mol. The van der Waals surface area contributed by atoms with Gasteiger partial charge >= 0.3 is 13.7 Å². The van der Waals surface area contributed by atoms with E-state index >= 15 is 0 Å². The van der Waals surface area contributed by atoms with Crippen LogP contribution in [0.5, 0.6) is 5.75 Å². The van der Waals surface area contributed by atoms with E-state index in [1.807, 2.05) is 25.1 Å². The van der Waals surface area contributed by atoms with Gasteiger partial charge in [-0.15, -0.1) is 0 Å². The highest BCUT2D eigenvalue weighted by Crippen LogP contribution is 2.47. The maximum Gasteiger partial charge on any atom is 0.459 e. The lowest BCUT2D eigenvalue weighted by Crippen LogP contribution is -2.34. The summed E-state index contributed by atoms with van der Waals surface area (Å²) < 4.78 is 37.9. The van der Waals surface area contributed by atoms with Crippen molar-refractivity contribution in [1.29, 1.82) is 0 Å². The molecule has 2 unspecified atom stereocenters. The molecule has 0 bridgehead atoms. The molecular weight excluding hydrogens is 603 g/mol. The van der Waals surface area contributed by atoms with Gasteiger partial charge in [-0.1, -0.05) is 56.2 Å². The number of unbranched alkanes of at least 4 members (excludes halogenated alkanes) is 2. The number of imidazole rings is 1. The second kappa shape index (κ2) is 13.5. The molecule has 0 radical (unpaired) electrons. The zero-order valence-corrected chi connectivity index (χ0v) is 24.9. The molecule has 43 heavy (non-hydrogen) atoms. The largest absolute Gasteiger partial charge is 0.465 e. The van der Waals surface area contributed by atoms with Gasteiger partial charge < -0.3 is 29.9 Å². The first kappa shape index (κ1) is 31.1. The Hall–Kier alpha value is -3.36. The summed E-state index contributed by atoms with van der Waals surface area (Å²) in [4.78, 5) is 24.5. The Morgan fingerprint density at radius 3 is 2.77 bits per heavy atom. The summed E-state index contributed by atoms with van der Waals surface area (Å²) >= 11 is 6.30. The van der Waals surface area contributed by atoms with Crippen molar-refractivity contribution >= 4 is 53.1 Å². The van der Waals surface area contributed by atoms with Gasteiger partial charge in [0.25, 0.3) is 0 Å². The number of aromatic nitrogens is 4. The quantitative estimate of drug-likeness (QED) is 0.0724. The average Bonchev–Trinajstić information content (AvgIpc) is 3.48. The molecule has 1 aliphatic rings. The Labute approximate surface area is 251 Å². The molecule has 0 saturated carbocycles. The van der Waals surface area contributed by atoms with Crippen LogP contribution in [0.3, 0.4) is 0 Å². The van der Waals surface area contributed by atoms with Gasteiger partial charge in [-0.2, -0.15) is 0 Å². The van der Waals surface area contributed by atoms with Gasteiger partial charge in [0.05, 0.1) is 13.2 Å². The van der Waals surface area contributed by atoms with Gasteiger partial charge in [0, 0.05) is 5.39 Å². The number of rotatable bonds is 13. The normalized spacial score (nSPS) is 21.7. The summed E-state index contributed by atoms with van der Waals surface area (Å²) in [6.45, 7) is 1.29. The van der Waals surface area contributed by atoms with Gasteiger partial charge in [0.15, 0.2) is 23.2 Å². The number of esters is 1. The number of nitrogens with two attached hydrogens (primary N) is 1. The molecule has 16 heteroatoms. The van der Waals surface area contributed by atoms with E-state index in [-0.39, 0.29) is 34.6 Å². The monoisotopic (exact) mass is 634 g/mol. The van der Waals surface area contributed by atoms with Crippen LogP contribution in [-0.4, -0.2) is 73.8 Å². The first-order valence-electron chi connectivity index (χ1n) is 13.7. The Morgan fingerprint density at radius 1 is 1.16 bits per heavy atom. The van der Waals surface area contributed by atoms with Crippen LogP contribution in [0.1, 0.15) is 32.4 Å². The van der Waals surface area contributed by atoms with E-state index < -0.39 is 51.4 Å². The van der Waals surface area contributed by atoms with Crippen LogP contribution in [0.2, 0.25) is 5.28 Å². The highest BCUT2D eigenvalue weighted by atomic mass is 35.5. The van der Waals surface area contributed by atoms with Crippen LogP contribution in [0.15, 0.2) is 48.8 Å². The molecule has 0 aliphatic carbocycles. The first-order valence-corrected chi connectivity index (χ1v) is 15.6. The topological polar surface area (TPSA) is 193 Å². The third kappa shape index (κ3) is 6.91. The second-order valence-electron chi connectivity index (χ2n) is 9.85. The summed E-state index contributed by atoms with van der Waals surface area (Å²) in [7, 11) is -4.28. The number of nitrogens with zero attached hydrogens (tertiary/aromatic N) is 4. The molecular formula is C27H32ClN6O8P. The van der Waals surface area contributed by atoms with E-state index in [0.29, 0.717) is 11.8 Å². The van der Waals surface area contributed by atoms with Crippen LogP contribution in [0.4, 0.5) is 5.82 Å². The minimum Gasteiger partial charge on any atom is -0.465 e. The number of ether oxygens (including phenoxy) is 2. The fraction of sp³-hybridized carbons (Fsp3) is 0.407. The van der Waals surface area contributed by atoms with Crippen molar-refractivity contribution in [2.24, 2.45) is 0 Å². The number of hydrogen-bond acceptors (Lipinski definition) is 12. The van der Waals surface area contributed by atoms with E-state index in [0.717, 1.165) is 18.2 Å². The lowest BCUT2D eigenvalue weighted by atomic mass is 10.1. The highest BCUT2D eigenvalue weighted by molar-refractivity contribution is 7.52. The van der Waals surface area contributed by atoms with Gasteiger partial charge in [0.1, 0.15) is 36.9 Å². The maximum atomic E-state index is 14.0. The third-order valence-corrected chi connectivity index (χ3v) is 8.60. The van der Waals surface area contributed by atoms with Crippen LogP contribution >= 0.6 is 19.3 Å². The summed E-state index contributed by atoms with van der Waals surface area (Å²) in [5.41, 5.74) is 6.24. The van der Waals surface area contributed by atoms with Crippen molar-refractivity contribution in [3.8, 4) is 5.75 Å². The molecule has 3 heterocycles. The van der Waals surface area contributed by atoms with Crippen LogP contribution in [-0.2, 0) is 23.4 Å². The molecule has 5 atom stereocenters. The summed E-state index contributed by atoms with van der Waals surface area (Å²) in [5, 5.41) is 25.6. The third-order valence-electron chi connectivity index (χ3n) is 6.86. The zero-order chi connectivity index (χ0) is 30.6. The Morgan fingerprint density at radius 2 is 1.95 bits per heavy atom. The molecule has 0 amide bonds. The number of carbonyl (C=O) groups is 1. The van der Waals surface area contributed by atoms with Crippen molar-refractivity contribution in [2.45, 2.75) is 50.7 Å². The Bertz CT molecular complexity index is 1630. The zero-order valence-electron chi connectivity index (χ0n) is 23.2. The fourth-order valence-electron chi connectivity index (χ4n) is 4.64. The van der Waals surface area contributed by atoms with Gasteiger partial charge in [-0.25, -0.2) is 24.6 Å². The van der Waals surface area contributed by atoms with Gasteiger partial charge in [-0.3, -0.25) is 13.9 Å². The van der Waals surface area contributed by atoms with Crippen molar-refractivity contribution in [1.82, 2.24) is 24.6 Å². The van der Waals surface area contributed by atoms with Crippen LogP contribution < -0.4 is 15.3 Å². The smallest absolute Gasteiger partial charge is 0.459 e. The number of halogens is 1.